The molecule has 0 saturated heterocycles. The van der Waals surface area contributed by atoms with Gasteiger partial charge in [0.05, 0.1) is 12.5 Å². The molecule has 158 valence electrons. The van der Waals surface area contributed by atoms with Crippen molar-refractivity contribution < 1.29 is 24.3 Å². The minimum absolute atomic E-state index is 0.154. The van der Waals surface area contributed by atoms with Gasteiger partial charge in [0.25, 0.3) is 5.91 Å². The van der Waals surface area contributed by atoms with Gasteiger partial charge in [0.15, 0.2) is 0 Å². The van der Waals surface area contributed by atoms with Crippen molar-refractivity contribution in [3.05, 3.63) is 89.4 Å². The summed E-state index contributed by atoms with van der Waals surface area (Å²) in [6.07, 6.45) is 3.78. The molecule has 8 heteroatoms. The summed E-state index contributed by atoms with van der Waals surface area (Å²) in [4.78, 5) is 29.1. The molecule has 3 aromatic rings. The van der Waals surface area contributed by atoms with E-state index in [4.69, 9.17) is 9.62 Å². The van der Waals surface area contributed by atoms with Gasteiger partial charge >= 0.3 is 0 Å². The first-order valence-electron chi connectivity index (χ1n) is 9.74. The lowest BCUT2D eigenvalue weighted by atomic mass is 9.90. The molecule has 2 atom stereocenters. The van der Waals surface area contributed by atoms with Crippen molar-refractivity contribution in [2.75, 3.05) is 0 Å². The van der Waals surface area contributed by atoms with Crippen LogP contribution in [0.25, 0.3) is 0 Å². The van der Waals surface area contributed by atoms with Gasteiger partial charge in [-0.25, -0.2) is 5.48 Å². The van der Waals surface area contributed by atoms with Gasteiger partial charge in [-0.15, -0.1) is 0 Å². The Hall–Kier alpha value is -3.91. The average molecular weight is 419 g/mol. The molecule has 2 unspecified atom stereocenters. The van der Waals surface area contributed by atoms with Crippen LogP contribution in [0.5, 0.6) is 5.75 Å². The second-order valence-electron chi connectivity index (χ2n) is 7.29. The van der Waals surface area contributed by atoms with Crippen molar-refractivity contribution in [1.82, 2.24) is 10.8 Å². The van der Waals surface area contributed by atoms with E-state index in [9.17, 15) is 14.7 Å². The van der Waals surface area contributed by atoms with Crippen molar-refractivity contribution in [2.24, 2.45) is 4.99 Å². The molecule has 31 heavy (non-hydrogen) atoms. The number of nitrogens with zero attached hydrogens (tertiary/aromatic N) is 1. The van der Waals surface area contributed by atoms with E-state index in [1.165, 1.54) is 0 Å². The summed E-state index contributed by atoms with van der Waals surface area (Å²) >= 11 is 0. The van der Waals surface area contributed by atoms with E-state index in [1.54, 1.807) is 66.5 Å². The van der Waals surface area contributed by atoms with E-state index in [0.29, 0.717) is 12.0 Å². The van der Waals surface area contributed by atoms with Crippen molar-refractivity contribution in [3.8, 4) is 5.75 Å². The first kappa shape index (κ1) is 20.4. The predicted octanol–water partition coefficient (Wildman–Crippen LogP) is 2.77. The number of hydrogen-bond donors (Lipinski definition) is 4. The van der Waals surface area contributed by atoms with Crippen LogP contribution in [0.2, 0.25) is 0 Å². The zero-order valence-electron chi connectivity index (χ0n) is 16.5. The molecule has 2 heterocycles. The molecule has 0 bridgehead atoms. The molecule has 1 aromatic heterocycles. The van der Waals surface area contributed by atoms with Crippen LogP contribution in [-0.4, -0.2) is 33.9 Å². The van der Waals surface area contributed by atoms with Crippen LogP contribution in [0.4, 0.5) is 0 Å². The van der Waals surface area contributed by atoms with Crippen LogP contribution in [0.1, 0.15) is 39.4 Å². The summed E-state index contributed by atoms with van der Waals surface area (Å²) in [5.41, 5.74) is 5.26. The Balaban J connectivity index is 1.49. The minimum Gasteiger partial charge on any atom is -0.508 e. The summed E-state index contributed by atoms with van der Waals surface area (Å²) in [5.74, 6) is -0.790. The summed E-state index contributed by atoms with van der Waals surface area (Å²) in [5, 5.41) is 21.1. The van der Waals surface area contributed by atoms with Crippen LogP contribution >= 0.6 is 0 Å². The third kappa shape index (κ3) is 4.49. The maximum atomic E-state index is 13.0. The summed E-state index contributed by atoms with van der Waals surface area (Å²) < 4.78 is 5.21. The van der Waals surface area contributed by atoms with Crippen LogP contribution in [0.15, 0.2) is 76.5 Å². The number of amides is 2. The van der Waals surface area contributed by atoms with E-state index in [1.807, 2.05) is 6.07 Å². The number of carbonyl (C=O) groups excluding carboxylic acids is 2. The largest absolute Gasteiger partial charge is 0.508 e. The van der Waals surface area contributed by atoms with Crippen molar-refractivity contribution in [2.45, 2.75) is 24.9 Å². The molecule has 0 spiro atoms. The first-order valence-corrected chi connectivity index (χ1v) is 9.74. The fraction of sp³-hybridized carbons (Fsp3) is 0.174. The van der Waals surface area contributed by atoms with Crippen LogP contribution in [0, 0.1) is 0 Å². The number of phenolic OH excluding ortho intramolecular Hbond substituents is 1. The standard InChI is InChI=1S/C23H21N3O5/c27-18-7-5-15(6-8-18)20-11-19(17-9-10-31-13-17)21(25-20)23(29)24-12-14-1-3-16(4-2-14)22(28)26-30/h1-10,13,19,21,27,30H,11-12H2,(H,24,29)(H,26,28). The smallest absolute Gasteiger partial charge is 0.274 e. The van der Waals surface area contributed by atoms with E-state index < -0.39 is 11.9 Å². The van der Waals surface area contributed by atoms with Gasteiger partial charge in [-0.2, -0.15) is 0 Å². The van der Waals surface area contributed by atoms with Gasteiger partial charge < -0.3 is 14.8 Å². The van der Waals surface area contributed by atoms with Gasteiger partial charge in [0, 0.05) is 23.7 Å². The van der Waals surface area contributed by atoms with Gasteiger partial charge in [-0.3, -0.25) is 19.8 Å². The molecule has 4 N–H and O–H groups in total. The fourth-order valence-corrected chi connectivity index (χ4v) is 3.64. The Morgan fingerprint density at radius 3 is 2.45 bits per heavy atom. The van der Waals surface area contributed by atoms with Gasteiger partial charge in [-0.1, -0.05) is 12.1 Å². The Kier molecular flexibility index (Phi) is 5.81. The van der Waals surface area contributed by atoms with Crippen molar-refractivity contribution in [3.63, 3.8) is 0 Å². The number of phenols is 1. The molecule has 8 nitrogen and oxygen atoms in total. The highest BCUT2D eigenvalue weighted by molar-refractivity contribution is 6.05. The second kappa shape index (κ2) is 8.85. The highest BCUT2D eigenvalue weighted by Gasteiger charge is 2.36. The number of rotatable bonds is 6. The molecule has 1 aliphatic rings. The van der Waals surface area contributed by atoms with Gasteiger partial charge in [-0.05, 0) is 65.6 Å². The third-order valence-electron chi connectivity index (χ3n) is 5.31. The molecule has 2 aromatic carbocycles. The molecule has 1 aliphatic heterocycles. The van der Waals surface area contributed by atoms with Gasteiger partial charge in [0.1, 0.15) is 11.8 Å². The zero-order chi connectivity index (χ0) is 21.8. The number of aromatic hydroxyl groups is 1. The molecular weight excluding hydrogens is 398 g/mol. The molecule has 2 amide bonds. The van der Waals surface area contributed by atoms with E-state index >= 15 is 0 Å². The van der Waals surface area contributed by atoms with Crippen molar-refractivity contribution >= 4 is 17.5 Å². The topological polar surface area (TPSA) is 124 Å². The maximum absolute atomic E-state index is 13.0. The zero-order valence-corrected chi connectivity index (χ0v) is 16.5. The fourth-order valence-electron chi connectivity index (χ4n) is 3.64. The number of furan rings is 1. The predicted molar refractivity (Wildman–Crippen MR) is 112 cm³/mol. The summed E-state index contributed by atoms with van der Waals surface area (Å²) in [6.45, 7) is 0.276. The molecule has 0 saturated carbocycles. The molecule has 0 fully saturated rings. The Morgan fingerprint density at radius 2 is 1.81 bits per heavy atom. The first-order chi connectivity index (χ1) is 15.0. The highest BCUT2D eigenvalue weighted by atomic mass is 16.5. The van der Waals surface area contributed by atoms with E-state index in [0.717, 1.165) is 22.4 Å². The SMILES string of the molecule is O=C(NO)c1ccc(CNC(=O)C2N=C(c3ccc(O)cc3)CC2c2ccoc2)cc1. The highest BCUT2D eigenvalue weighted by Crippen LogP contribution is 2.34. The quantitative estimate of drug-likeness (QED) is 0.361. The number of aliphatic imine (C=N–C) groups is 1. The summed E-state index contributed by atoms with van der Waals surface area (Å²) in [6, 6.07) is 14.5. The van der Waals surface area contributed by atoms with Crippen molar-refractivity contribution in [1.29, 1.82) is 0 Å². The monoisotopic (exact) mass is 419 g/mol. The molecule has 0 aliphatic carbocycles. The summed E-state index contributed by atoms with van der Waals surface area (Å²) in [7, 11) is 0. The number of carbonyl (C=O) groups is 2. The second-order valence-corrected chi connectivity index (χ2v) is 7.29. The van der Waals surface area contributed by atoms with E-state index in [2.05, 4.69) is 10.3 Å². The van der Waals surface area contributed by atoms with Gasteiger partial charge in [0.2, 0.25) is 5.91 Å². The lowest BCUT2D eigenvalue weighted by Gasteiger charge is -2.16. The number of hydrogen-bond acceptors (Lipinski definition) is 6. The lowest BCUT2D eigenvalue weighted by molar-refractivity contribution is -0.122. The maximum Gasteiger partial charge on any atom is 0.274 e. The minimum atomic E-state index is -0.610. The Labute approximate surface area is 178 Å². The Morgan fingerprint density at radius 1 is 1.06 bits per heavy atom. The van der Waals surface area contributed by atoms with E-state index in [-0.39, 0.29) is 24.1 Å². The third-order valence-corrected chi connectivity index (χ3v) is 5.31. The Bertz CT molecular complexity index is 1090. The molecule has 4 rings (SSSR count). The lowest BCUT2D eigenvalue weighted by Crippen LogP contribution is -2.35. The van der Waals surface area contributed by atoms with Crippen LogP contribution < -0.4 is 10.8 Å². The van der Waals surface area contributed by atoms with Crippen LogP contribution in [0.3, 0.4) is 0 Å². The normalized spacial score (nSPS) is 17.8. The average Bonchev–Trinajstić information content (AvgIpc) is 3.48. The number of nitrogens with one attached hydrogen (secondary N) is 2. The van der Waals surface area contributed by atoms with Crippen LogP contribution in [-0.2, 0) is 11.3 Å². The number of hydroxylamine groups is 1. The molecule has 0 radical (unpaired) electrons. The molecular formula is C23H21N3O5. The number of benzene rings is 2.